The van der Waals surface area contributed by atoms with Gasteiger partial charge in [0.2, 0.25) is 0 Å². The van der Waals surface area contributed by atoms with Crippen molar-refractivity contribution in [1.29, 1.82) is 5.26 Å². The maximum Gasteiger partial charge on any atom is 0.140 e. The first-order valence-corrected chi connectivity index (χ1v) is 5.54. The van der Waals surface area contributed by atoms with Crippen molar-refractivity contribution in [3.05, 3.63) is 11.3 Å². The van der Waals surface area contributed by atoms with Crippen molar-refractivity contribution < 1.29 is 0 Å². The molecule has 2 N–H and O–H groups in total. The van der Waals surface area contributed by atoms with Gasteiger partial charge in [-0.1, -0.05) is 13.3 Å². The fraction of sp³-hybridized carbons (Fsp3) is 0.636. The summed E-state index contributed by atoms with van der Waals surface area (Å²) in [6.07, 6.45) is 4.47. The Balaban J connectivity index is 2.28. The number of nitrogen functional groups attached to an aromatic ring is 1. The molecule has 0 atom stereocenters. The number of rotatable bonds is 4. The lowest BCUT2D eigenvalue weighted by molar-refractivity contribution is 0.572. The summed E-state index contributed by atoms with van der Waals surface area (Å²) < 4.78 is 1.79. The van der Waals surface area contributed by atoms with E-state index in [4.69, 9.17) is 11.0 Å². The van der Waals surface area contributed by atoms with E-state index < -0.39 is 0 Å². The van der Waals surface area contributed by atoms with Crippen LogP contribution in [0.3, 0.4) is 0 Å². The number of aromatic nitrogens is 2. The Morgan fingerprint density at radius 2 is 2.33 bits per heavy atom. The van der Waals surface area contributed by atoms with E-state index in [0.717, 1.165) is 37.9 Å². The number of nitrogens with two attached hydrogens (primary N) is 1. The van der Waals surface area contributed by atoms with Crippen molar-refractivity contribution in [2.24, 2.45) is 0 Å². The minimum absolute atomic E-state index is 0.491. The smallest absolute Gasteiger partial charge is 0.140 e. The van der Waals surface area contributed by atoms with Gasteiger partial charge in [-0.3, -0.25) is 0 Å². The van der Waals surface area contributed by atoms with Crippen LogP contribution in [0.1, 0.15) is 49.8 Å². The quantitative estimate of drug-likeness (QED) is 0.815. The Labute approximate surface area is 89.7 Å². The number of hydrogen-bond donors (Lipinski definition) is 1. The molecule has 0 aromatic carbocycles. The van der Waals surface area contributed by atoms with Gasteiger partial charge in [-0.2, -0.15) is 10.4 Å². The zero-order valence-corrected chi connectivity index (χ0v) is 9.03. The van der Waals surface area contributed by atoms with E-state index in [1.807, 2.05) is 0 Å². The number of unbranched alkanes of at least 4 members (excludes halogenated alkanes) is 1. The summed E-state index contributed by atoms with van der Waals surface area (Å²) in [5.74, 6) is 1.04. The largest absolute Gasteiger partial charge is 0.383 e. The number of nitrogens with zero attached hydrogens (tertiary/aromatic N) is 3. The van der Waals surface area contributed by atoms with Gasteiger partial charge in [0.25, 0.3) is 0 Å². The van der Waals surface area contributed by atoms with Crippen LogP contribution >= 0.6 is 0 Å². The molecular weight excluding hydrogens is 188 g/mol. The Morgan fingerprint density at radius 1 is 1.60 bits per heavy atom. The van der Waals surface area contributed by atoms with Gasteiger partial charge in [-0.25, -0.2) is 4.68 Å². The molecule has 1 fully saturated rings. The molecule has 0 unspecified atom stereocenters. The number of aryl methyl sites for hydroxylation is 1. The van der Waals surface area contributed by atoms with Crippen LogP contribution in [-0.4, -0.2) is 9.78 Å². The highest BCUT2D eigenvalue weighted by Crippen LogP contribution is 2.41. The molecule has 1 aliphatic carbocycles. The molecule has 0 saturated heterocycles. The molecule has 15 heavy (non-hydrogen) atoms. The lowest BCUT2D eigenvalue weighted by Gasteiger charge is -2.01. The maximum absolute atomic E-state index is 9.03. The van der Waals surface area contributed by atoms with Crippen LogP contribution in [-0.2, 0) is 6.54 Å². The second-order valence-corrected chi connectivity index (χ2v) is 4.11. The van der Waals surface area contributed by atoms with E-state index in [1.54, 1.807) is 4.68 Å². The van der Waals surface area contributed by atoms with Crippen molar-refractivity contribution in [3.63, 3.8) is 0 Å². The molecule has 4 heteroatoms. The third-order valence-corrected chi connectivity index (χ3v) is 2.82. The van der Waals surface area contributed by atoms with Crippen molar-refractivity contribution >= 4 is 5.82 Å². The fourth-order valence-corrected chi connectivity index (χ4v) is 1.73. The molecule has 0 bridgehead atoms. The molecule has 0 spiro atoms. The van der Waals surface area contributed by atoms with Crippen LogP contribution in [0.4, 0.5) is 5.82 Å². The molecule has 80 valence electrons. The zero-order chi connectivity index (χ0) is 10.8. The minimum atomic E-state index is 0.491. The van der Waals surface area contributed by atoms with Crippen LogP contribution in [0.25, 0.3) is 0 Å². The second-order valence-electron chi connectivity index (χ2n) is 4.11. The van der Waals surface area contributed by atoms with Crippen LogP contribution in [0.2, 0.25) is 0 Å². The van der Waals surface area contributed by atoms with Crippen LogP contribution < -0.4 is 5.73 Å². The summed E-state index contributed by atoms with van der Waals surface area (Å²) in [6, 6.07) is 2.17. The highest BCUT2D eigenvalue weighted by molar-refractivity contribution is 5.53. The van der Waals surface area contributed by atoms with Gasteiger partial charge in [-0.05, 0) is 19.3 Å². The average molecular weight is 204 g/mol. The van der Waals surface area contributed by atoms with Gasteiger partial charge in [0.05, 0.1) is 5.69 Å². The highest BCUT2D eigenvalue weighted by atomic mass is 15.3. The molecule has 1 saturated carbocycles. The molecule has 4 nitrogen and oxygen atoms in total. The molecule has 1 heterocycles. The van der Waals surface area contributed by atoms with E-state index in [9.17, 15) is 0 Å². The molecule has 0 amide bonds. The van der Waals surface area contributed by atoms with E-state index in [0.29, 0.717) is 17.3 Å². The number of anilines is 1. The normalized spacial score (nSPS) is 15.2. The average Bonchev–Trinajstić information content (AvgIpc) is 3.02. The van der Waals surface area contributed by atoms with Gasteiger partial charge in [0.15, 0.2) is 0 Å². The third kappa shape index (κ3) is 1.82. The fourth-order valence-electron chi connectivity index (χ4n) is 1.73. The molecule has 2 rings (SSSR count). The van der Waals surface area contributed by atoms with Gasteiger partial charge >= 0.3 is 0 Å². The van der Waals surface area contributed by atoms with Crippen LogP contribution in [0, 0.1) is 11.3 Å². The summed E-state index contributed by atoms with van der Waals surface area (Å²) in [5.41, 5.74) is 7.43. The molecule has 1 aromatic rings. The van der Waals surface area contributed by atoms with Gasteiger partial charge in [0.1, 0.15) is 17.5 Å². The van der Waals surface area contributed by atoms with Crippen molar-refractivity contribution in [2.75, 3.05) is 5.73 Å². The van der Waals surface area contributed by atoms with Crippen LogP contribution in [0.15, 0.2) is 0 Å². The van der Waals surface area contributed by atoms with E-state index >= 15 is 0 Å². The SMILES string of the molecule is CCCCn1nc(C2CC2)c(C#N)c1N. The Bertz CT molecular complexity index is 395. The zero-order valence-electron chi connectivity index (χ0n) is 9.03. The van der Waals surface area contributed by atoms with Crippen molar-refractivity contribution in [2.45, 2.75) is 45.1 Å². The van der Waals surface area contributed by atoms with Gasteiger partial charge in [0, 0.05) is 12.5 Å². The van der Waals surface area contributed by atoms with E-state index in [2.05, 4.69) is 18.1 Å². The lowest BCUT2D eigenvalue weighted by Crippen LogP contribution is -2.05. The van der Waals surface area contributed by atoms with Gasteiger partial charge in [-0.15, -0.1) is 0 Å². The maximum atomic E-state index is 9.03. The monoisotopic (exact) mass is 204 g/mol. The highest BCUT2D eigenvalue weighted by Gasteiger charge is 2.31. The Morgan fingerprint density at radius 3 is 2.87 bits per heavy atom. The summed E-state index contributed by atoms with van der Waals surface area (Å²) in [4.78, 5) is 0. The predicted molar refractivity (Wildman–Crippen MR) is 58.2 cm³/mol. The molecule has 1 aromatic heterocycles. The van der Waals surface area contributed by atoms with Crippen LogP contribution in [0.5, 0.6) is 0 Å². The first-order chi connectivity index (χ1) is 7.27. The van der Waals surface area contributed by atoms with E-state index in [-0.39, 0.29) is 0 Å². The second kappa shape index (κ2) is 3.93. The third-order valence-electron chi connectivity index (χ3n) is 2.82. The Kier molecular flexibility index (Phi) is 2.63. The summed E-state index contributed by atoms with van der Waals surface area (Å²) in [7, 11) is 0. The standard InChI is InChI=1S/C11H16N4/c1-2-3-6-15-11(13)9(7-12)10(14-15)8-4-5-8/h8H,2-6,13H2,1H3. The number of nitriles is 1. The molecule has 0 radical (unpaired) electrons. The summed E-state index contributed by atoms with van der Waals surface area (Å²) >= 11 is 0. The number of hydrogen-bond acceptors (Lipinski definition) is 3. The van der Waals surface area contributed by atoms with Crippen molar-refractivity contribution in [1.82, 2.24) is 9.78 Å². The predicted octanol–water partition coefficient (Wildman–Crippen LogP) is 2.01. The lowest BCUT2D eigenvalue weighted by atomic mass is 10.2. The molecular formula is C11H16N4. The summed E-state index contributed by atoms with van der Waals surface area (Å²) in [5, 5.41) is 13.5. The summed E-state index contributed by atoms with van der Waals surface area (Å²) in [6.45, 7) is 2.95. The first kappa shape index (κ1) is 10.0. The topological polar surface area (TPSA) is 67.6 Å². The van der Waals surface area contributed by atoms with Crippen molar-refractivity contribution in [3.8, 4) is 6.07 Å². The minimum Gasteiger partial charge on any atom is -0.383 e. The Hall–Kier alpha value is -1.50. The first-order valence-electron chi connectivity index (χ1n) is 5.54. The van der Waals surface area contributed by atoms with E-state index in [1.165, 1.54) is 0 Å². The molecule has 0 aliphatic heterocycles. The van der Waals surface area contributed by atoms with Gasteiger partial charge < -0.3 is 5.73 Å². The molecule has 1 aliphatic rings.